The molecule has 5 nitrogen and oxygen atoms in total. The second-order valence-corrected chi connectivity index (χ2v) is 4.97. The molecule has 0 saturated carbocycles. The summed E-state index contributed by atoms with van der Waals surface area (Å²) in [6, 6.07) is 4.66. The summed E-state index contributed by atoms with van der Waals surface area (Å²) in [5.74, 6) is 0. The Labute approximate surface area is 107 Å². The Bertz CT molecular complexity index is 521. The molecule has 0 spiro atoms. The van der Waals surface area contributed by atoms with E-state index in [9.17, 15) is 0 Å². The van der Waals surface area contributed by atoms with Crippen LogP contribution in [0.3, 0.4) is 0 Å². The van der Waals surface area contributed by atoms with Crippen molar-refractivity contribution >= 4 is 33.2 Å². The maximum Gasteiger partial charge on any atom is 0.297 e. The molecule has 3 heterocycles. The Hall–Kier alpha value is -1.14. The minimum atomic E-state index is 0.389. The van der Waals surface area contributed by atoms with Gasteiger partial charge < -0.3 is 15.1 Å². The molecule has 1 atom stereocenters. The van der Waals surface area contributed by atoms with Crippen LogP contribution in [0.1, 0.15) is 12.8 Å². The summed E-state index contributed by atoms with van der Waals surface area (Å²) in [7, 11) is 0. The Morgan fingerprint density at radius 2 is 2.35 bits per heavy atom. The van der Waals surface area contributed by atoms with Gasteiger partial charge in [0.2, 0.25) is 5.65 Å². The summed E-state index contributed by atoms with van der Waals surface area (Å²) in [6.07, 6.45) is 2.32. The highest BCUT2D eigenvalue weighted by Crippen LogP contribution is 2.20. The molecule has 3 rings (SSSR count). The molecule has 0 bridgehead atoms. The van der Waals surface area contributed by atoms with Crippen LogP contribution in [0, 0.1) is 0 Å². The van der Waals surface area contributed by atoms with Gasteiger partial charge in [0.15, 0.2) is 5.58 Å². The standard InChI is InChI=1S/C11H13BrN4O/c12-9-4-3-8-10(15-9)16-11(17-8)14-7-2-1-5-13-6-7/h3-4,7,13H,1-2,5-6H2,(H,14,15,16). The van der Waals surface area contributed by atoms with E-state index < -0.39 is 0 Å². The van der Waals surface area contributed by atoms with Crippen LogP contribution in [0.5, 0.6) is 0 Å². The third kappa shape index (κ3) is 2.42. The van der Waals surface area contributed by atoms with Gasteiger partial charge in [-0.05, 0) is 47.4 Å². The van der Waals surface area contributed by atoms with E-state index in [-0.39, 0.29) is 0 Å². The van der Waals surface area contributed by atoms with Crippen molar-refractivity contribution in [3.05, 3.63) is 16.7 Å². The Kier molecular flexibility index (Phi) is 2.98. The Morgan fingerprint density at radius 3 is 3.18 bits per heavy atom. The number of oxazole rings is 1. The molecule has 1 aliphatic heterocycles. The second-order valence-electron chi connectivity index (χ2n) is 4.16. The number of rotatable bonds is 2. The molecular weight excluding hydrogens is 284 g/mol. The summed E-state index contributed by atoms with van der Waals surface area (Å²) in [5.41, 5.74) is 1.34. The third-order valence-corrected chi connectivity index (χ3v) is 3.29. The van der Waals surface area contributed by atoms with Crippen LogP contribution in [0.15, 0.2) is 21.2 Å². The van der Waals surface area contributed by atoms with Crippen LogP contribution in [0.25, 0.3) is 11.2 Å². The molecule has 1 aliphatic rings. The number of halogens is 1. The summed E-state index contributed by atoms with van der Waals surface area (Å²) in [4.78, 5) is 8.57. The van der Waals surface area contributed by atoms with Crippen LogP contribution in [0.2, 0.25) is 0 Å². The van der Waals surface area contributed by atoms with Crippen molar-refractivity contribution in [1.82, 2.24) is 15.3 Å². The molecule has 1 unspecified atom stereocenters. The maximum atomic E-state index is 5.59. The van der Waals surface area contributed by atoms with Gasteiger partial charge in [-0.15, -0.1) is 0 Å². The zero-order chi connectivity index (χ0) is 11.7. The summed E-state index contributed by atoms with van der Waals surface area (Å²) >= 11 is 3.32. The number of fused-ring (bicyclic) bond motifs is 1. The van der Waals surface area contributed by atoms with Gasteiger partial charge in [0, 0.05) is 12.6 Å². The topological polar surface area (TPSA) is 63.0 Å². The lowest BCUT2D eigenvalue weighted by Crippen LogP contribution is -2.38. The highest BCUT2D eigenvalue weighted by atomic mass is 79.9. The number of hydrogen-bond donors (Lipinski definition) is 2. The summed E-state index contributed by atoms with van der Waals surface area (Å²) in [6.45, 7) is 2.05. The lowest BCUT2D eigenvalue weighted by Gasteiger charge is -2.22. The van der Waals surface area contributed by atoms with Crippen molar-refractivity contribution in [2.45, 2.75) is 18.9 Å². The number of hydrogen-bond acceptors (Lipinski definition) is 5. The molecule has 1 saturated heterocycles. The molecule has 90 valence electrons. The van der Waals surface area contributed by atoms with Crippen molar-refractivity contribution in [2.75, 3.05) is 18.4 Å². The van der Waals surface area contributed by atoms with Gasteiger partial charge in [-0.2, -0.15) is 4.98 Å². The van der Waals surface area contributed by atoms with Crippen molar-refractivity contribution in [1.29, 1.82) is 0 Å². The molecule has 0 amide bonds. The van der Waals surface area contributed by atoms with Crippen LogP contribution >= 0.6 is 15.9 Å². The summed E-state index contributed by atoms with van der Waals surface area (Å²) < 4.78 is 6.36. The van der Waals surface area contributed by atoms with Gasteiger partial charge in [0.05, 0.1) is 0 Å². The maximum absolute atomic E-state index is 5.59. The minimum absolute atomic E-state index is 0.389. The van der Waals surface area contributed by atoms with E-state index in [1.165, 1.54) is 6.42 Å². The molecule has 0 aliphatic carbocycles. The molecule has 6 heteroatoms. The van der Waals surface area contributed by atoms with E-state index in [2.05, 4.69) is 36.5 Å². The van der Waals surface area contributed by atoms with Gasteiger partial charge in [-0.3, -0.25) is 0 Å². The molecule has 2 N–H and O–H groups in total. The zero-order valence-electron chi connectivity index (χ0n) is 9.24. The molecule has 2 aromatic heterocycles. The number of nitrogens with one attached hydrogen (secondary N) is 2. The van der Waals surface area contributed by atoms with Gasteiger partial charge in [0.1, 0.15) is 4.60 Å². The lowest BCUT2D eigenvalue weighted by atomic mass is 10.1. The van der Waals surface area contributed by atoms with Crippen molar-refractivity contribution in [3.8, 4) is 0 Å². The van der Waals surface area contributed by atoms with Crippen LogP contribution in [-0.4, -0.2) is 29.1 Å². The van der Waals surface area contributed by atoms with Crippen LogP contribution < -0.4 is 10.6 Å². The van der Waals surface area contributed by atoms with Crippen molar-refractivity contribution in [2.24, 2.45) is 0 Å². The fourth-order valence-corrected chi connectivity index (χ4v) is 2.31. The van der Waals surface area contributed by atoms with Crippen LogP contribution in [0.4, 0.5) is 6.01 Å². The molecule has 2 aromatic rings. The number of nitrogens with zero attached hydrogens (tertiary/aromatic N) is 2. The number of pyridine rings is 1. The molecule has 1 fully saturated rings. The monoisotopic (exact) mass is 296 g/mol. The minimum Gasteiger partial charge on any atom is -0.422 e. The van der Waals surface area contributed by atoms with Gasteiger partial charge in [-0.1, -0.05) is 0 Å². The molecule has 17 heavy (non-hydrogen) atoms. The van der Waals surface area contributed by atoms with Gasteiger partial charge in [0.25, 0.3) is 6.01 Å². The molecule has 0 aromatic carbocycles. The Balaban J connectivity index is 1.80. The predicted molar refractivity (Wildman–Crippen MR) is 69.0 cm³/mol. The number of aromatic nitrogens is 2. The van der Waals surface area contributed by atoms with E-state index >= 15 is 0 Å². The summed E-state index contributed by atoms with van der Waals surface area (Å²) in [5, 5.41) is 6.64. The van der Waals surface area contributed by atoms with Gasteiger partial charge in [-0.25, -0.2) is 4.98 Å². The van der Waals surface area contributed by atoms with E-state index in [4.69, 9.17) is 4.42 Å². The SMILES string of the molecule is Brc1ccc2oc(NC3CCCNC3)nc2n1. The molecule has 0 radical (unpaired) electrons. The van der Waals surface area contributed by atoms with E-state index in [1.807, 2.05) is 12.1 Å². The number of piperidine rings is 1. The van der Waals surface area contributed by atoms with Crippen LogP contribution in [-0.2, 0) is 0 Å². The first-order valence-electron chi connectivity index (χ1n) is 5.71. The average molecular weight is 297 g/mol. The quantitative estimate of drug-likeness (QED) is 0.832. The van der Waals surface area contributed by atoms with Crippen molar-refractivity contribution < 1.29 is 4.42 Å². The Morgan fingerprint density at radius 1 is 1.41 bits per heavy atom. The lowest BCUT2D eigenvalue weighted by molar-refractivity contribution is 0.467. The highest BCUT2D eigenvalue weighted by Gasteiger charge is 2.15. The first-order valence-corrected chi connectivity index (χ1v) is 6.51. The van der Waals surface area contributed by atoms with E-state index in [0.29, 0.717) is 23.3 Å². The van der Waals surface area contributed by atoms with Crippen molar-refractivity contribution in [3.63, 3.8) is 0 Å². The zero-order valence-corrected chi connectivity index (χ0v) is 10.8. The molecular formula is C11H13BrN4O. The normalized spacial score (nSPS) is 20.6. The van der Waals surface area contributed by atoms with E-state index in [1.54, 1.807) is 0 Å². The first kappa shape index (κ1) is 11.0. The predicted octanol–water partition coefficient (Wildman–Crippen LogP) is 2.15. The average Bonchev–Trinajstić information content (AvgIpc) is 2.71. The fourth-order valence-electron chi connectivity index (χ4n) is 2.01. The smallest absolute Gasteiger partial charge is 0.297 e. The van der Waals surface area contributed by atoms with Gasteiger partial charge >= 0.3 is 0 Å². The highest BCUT2D eigenvalue weighted by molar-refractivity contribution is 9.10. The number of anilines is 1. The third-order valence-electron chi connectivity index (χ3n) is 2.84. The van der Waals surface area contributed by atoms with E-state index in [0.717, 1.165) is 24.1 Å². The largest absolute Gasteiger partial charge is 0.422 e. The fraction of sp³-hybridized carbons (Fsp3) is 0.455. The first-order chi connectivity index (χ1) is 8.31. The second kappa shape index (κ2) is 4.62.